The first-order valence-corrected chi connectivity index (χ1v) is 12.2. The predicted molar refractivity (Wildman–Crippen MR) is 142 cm³/mol. The van der Waals surface area contributed by atoms with Crippen LogP contribution in [-0.2, 0) is 11.3 Å². The van der Waals surface area contributed by atoms with Crippen LogP contribution in [0.5, 0.6) is 0 Å². The van der Waals surface area contributed by atoms with E-state index < -0.39 is 11.9 Å². The molecule has 37 heavy (non-hydrogen) atoms. The van der Waals surface area contributed by atoms with Crippen molar-refractivity contribution in [1.29, 1.82) is 0 Å². The molecular weight excluding hydrogens is 468 g/mol. The highest BCUT2D eigenvalue weighted by Crippen LogP contribution is 2.20. The van der Waals surface area contributed by atoms with Crippen molar-refractivity contribution in [3.8, 4) is 0 Å². The number of carbonyl (C=O) groups excluding carboxylic acids is 2. The second-order valence-electron chi connectivity index (χ2n) is 9.13. The molecule has 0 aliphatic carbocycles. The van der Waals surface area contributed by atoms with Gasteiger partial charge in [-0.3, -0.25) is 14.0 Å². The fourth-order valence-electron chi connectivity index (χ4n) is 4.46. The van der Waals surface area contributed by atoms with Crippen LogP contribution in [-0.4, -0.2) is 32.4 Å². The fraction of sp³-hybridized carbons (Fsp3) is 0.207. The summed E-state index contributed by atoms with van der Waals surface area (Å²) in [6.45, 7) is 6.21. The first-order valence-electron chi connectivity index (χ1n) is 12.2. The Morgan fingerprint density at radius 2 is 1.73 bits per heavy atom. The van der Waals surface area contributed by atoms with Gasteiger partial charge >= 0.3 is 5.97 Å². The minimum Gasteiger partial charge on any atom is -0.462 e. The van der Waals surface area contributed by atoms with Gasteiger partial charge in [-0.2, -0.15) is 4.99 Å². The summed E-state index contributed by atoms with van der Waals surface area (Å²) in [5.74, 6) is -1.07. The van der Waals surface area contributed by atoms with E-state index in [0.29, 0.717) is 23.4 Å². The van der Waals surface area contributed by atoms with Gasteiger partial charge in [-0.05, 0) is 47.9 Å². The molecule has 0 bridgehead atoms. The van der Waals surface area contributed by atoms with Crippen LogP contribution in [0, 0.1) is 5.92 Å². The van der Waals surface area contributed by atoms with Crippen LogP contribution < -0.4 is 11.0 Å². The van der Waals surface area contributed by atoms with Gasteiger partial charge in [0.25, 0.3) is 11.5 Å². The molecule has 3 aromatic heterocycles. The quantitative estimate of drug-likeness (QED) is 0.267. The molecule has 0 aliphatic heterocycles. The molecule has 1 amide bonds. The molecule has 0 saturated heterocycles. The van der Waals surface area contributed by atoms with Crippen LogP contribution in [0.2, 0.25) is 0 Å². The zero-order valence-corrected chi connectivity index (χ0v) is 20.8. The summed E-state index contributed by atoms with van der Waals surface area (Å²) in [5.41, 5.74) is 1.05. The fourth-order valence-corrected chi connectivity index (χ4v) is 4.46. The molecule has 0 unspecified atom stereocenters. The van der Waals surface area contributed by atoms with E-state index in [1.165, 1.54) is 10.5 Å². The van der Waals surface area contributed by atoms with Crippen molar-refractivity contribution < 1.29 is 14.3 Å². The minimum absolute atomic E-state index is 0.0402. The highest BCUT2D eigenvalue weighted by atomic mass is 16.5. The van der Waals surface area contributed by atoms with Crippen molar-refractivity contribution in [2.24, 2.45) is 10.9 Å². The summed E-state index contributed by atoms with van der Waals surface area (Å²) in [6, 6.07) is 19.7. The molecular formula is C29H26N4O4. The van der Waals surface area contributed by atoms with Gasteiger partial charge in [-0.15, -0.1) is 0 Å². The number of benzene rings is 2. The molecule has 3 heterocycles. The highest BCUT2D eigenvalue weighted by Gasteiger charge is 2.21. The van der Waals surface area contributed by atoms with Gasteiger partial charge in [0.2, 0.25) is 0 Å². The van der Waals surface area contributed by atoms with Gasteiger partial charge in [-0.25, -0.2) is 9.78 Å². The van der Waals surface area contributed by atoms with Crippen molar-refractivity contribution in [3.05, 3.63) is 99.9 Å². The summed E-state index contributed by atoms with van der Waals surface area (Å²) >= 11 is 0. The molecule has 5 aromatic rings. The van der Waals surface area contributed by atoms with E-state index in [1.54, 1.807) is 48.0 Å². The average molecular weight is 495 g/mol. The first-order chi connectivity index (χ1) is 17.9. The van der Waals surface area contributed by atoms with Gasteiger partial charge < -0.3 is 9.30 Å². The summed E-state index contributed by atoms with van der Waals surface area (Å²) in [7, 11) is 0. The Labute approximate surface area is 212 Å². The molecule has 8 heteroatoms. The van der Waals surface area contributed by atoms with E-state index in [9.17, 15) is 14.4 Å². The van der Waals surface area contributed by atoms with Crippen LogP contribution in [0.3, 0.4) is 0 Å². The lowest BCUT2D eigenvalue weighted by atomic mass is 10.0. The van der Waals surface area contributed by atoms with Gasteiger partial charge in [0.15, 0.2) is 5.49 Å². The molecule has 0 N–H and O–H groups in total. The molecule has 0 fully saturated rings. The summed E-state index contributed by atoms with van der Waals surface area (Å²) < 4.78 is 8.42. The van der Waals surface area contributed by atoms with Gasteiger partial charge in [0.1, 0.15) is 16.9 Å². The maximum absolute atomic E-state index is 13.6. The third-order valence-corrected chi connectivity index (χ3v) is 6.06. The Morgan fingerprint density at radius 1 is 0.973 bits per heavy atom. The van der Waals surface area contributed by atoms with Crippen molar-refractivity contribution in [1.82, 2.24) is 14.0 Å². The smallest absolute Gasteiger partial charge is 0.341 e. The number of carbonyl (C=O) groups is 2. The van der Waals surface area contributed by atoms with Crippen molar-refractivity contribution in [2.45, 2.75) is 27.3 Å². The Hall–Kier alpha value is -4.59. The minimum atomic E-state index is -0.663. The van der Waals surface area contributed by atoms with E-state index >= 15 is 0 Å². The lowest BCUT2D eigenvalue weighted by Gasteiger charge is -2.16. The number of hydrogen-bond donors (Lipinski definition) is 0. The number of esters is 1. The largest absolute Gasteiger partial charge is 0.462 e. The average Bonchev–Trinajstić information content (AvgIpc) is 2.89. The lowest BCUT2D eigenvalue weighted by molar-refractivity contribution is 0.0523. The van der Waals surface area contributed by atoms with E-state index in [-0.39, 0.29) is 34.5 Å². The topological polar surface area (TPSA) is 95.0 Å². The summed E-state index contributed by atoms with van der Waals surface area (Å²) in [4.78, 5) is 49.3. The lowest BCUT2D eigenvalue weighted by Crippen LogP contribution is -2.33. The number of pyridine rings is 2. The normalized spacial score (nSPS) is 12.1. The van der Waals surface area contributed by atoms with Gasteiger partial charge in [-0.1, -0.05) is 56.3 Å². The monoisotopic (exact) mass is 494 g/mol. The molecule has 0 radical (unpaired) electrons. The molecule has 5 rings (SSSR count). The van der Waals surface area contributed by atoms with Crippen molar-refractivity contribution >= 4 is 39.3 Å². The van der Waals surface area contributed by atoms with E-state index in [0.717, 1.165) is 10.8 Å². The van der Waals surface area contributed by atoms with Gasteiger partial charge in [0, 0.05) is 18.3 Å². The third kappa shape index (κ3) is 4.42. The van der Waals surface area contributed by atoms with E-state index in [4.69, 9.17) is 9.72 Å². The number of hydrogen-bond acceptors (Lipinski definition) is 5. The number of aromatic nitrogens is 3. The maximum Gasteiger partial charge on any atom is 0.341 e. The standard InChI is InChI=1S/C29H26N4O4/c1-4-37-29(36)23-16-22-25(30-24-14-7-8-15-32(24)28(22)35)33(17-18(2)3)26(23)31-27(34)21-13-9-11-19-10-5-6-12-20(19)21/h5-16,18H,4,17H2,1-3H3. The molecule has 0 atom stereocenters. The molecule has 0 saturated carbocycles. The van der Waals surface area contributed by atoms with Crippen LogP contribution in [0.15, 0.2) is 82.7 Å². The zero-order chi connectivity index (χ0) is 26.1. The molecule has 2 aromatic carbocycles. The van der Waals surface area contributed by atoms with Gasteiger partial charge in [0.05, 0.1) is 12.0 Å². The maximum atomic E-state index is 13.6. The number of nitrogens with zero attached hydrogens (tertiary/aromatic N) is 4. The number of rotatable bonds is 5. The zero-order valence-electron chi connectivity index (χ0n) is 20.8. The van der Waals surface area contributed by atoms with Crippen LogP contribution >= 0.6 is 0 Å². The van der Waals surface area contributed by atoms with E-state index in [2.05, 4.69) is 4.99 Å². The van der Waals surface area contributed by atoms with E-state index in [1.807, 2.05) is 44.2 Å². The SMILES string of the molecule is CCOC(=O)c1cc2c(=O)n3ccccc3nc2n(CC(C)C)c1=NC(=O)c1cccc2ccccc12. The highest BCUT2D eigenvalue weighted by molar-refractivity contribution is 6.07. The van der Waals surface area contributed by atoms with Crippen LogP contribution in [0.1, 0.15) is 41.5 Å². The molecule has 0 spiro atoms. The molecule has 8 nitrogen and oxygen atoms in total. The number of fused-ring (bicyclic) bond motifs is 3. The third-order valence-electron chi connectivity index (χ3n) is 6.06. The van der Waals surface area contributed by atoms with Crippen molar-refractivity contribution in [2.75, 3.05) is 6.61 Å². The molecule has 0 aliphatic rings. The molecule has 186 valence electrons. The van der Waals surface area contributed by atoms with Crippen molar-refractivity contribution in [3.63, 3.8) is 0 Å². The Kier molecular flexibility index (Phi) is 6.40. The number of ether oxygens (including phenoxy) is 1. The van der Waals surface area contributed by atoms with Crippen LogP contribution in [0.25, 0.3) is 27.5 Å². The second-order valence-corrected chi connectivity index (χ2v) is 9.13. The summed E-state index contributed by atoms with van der Waals surface area (Å²) in [6.07, 6.45) is 1.63. The predicted octanol–water partition coefficient (Wildman–Crippen LogP) is 4.38. The Bertz CT molecular complexity index is 1810. The van der Waals surface area contributed by atoms with Crippen LogP contribution in [0.4, 0.5) is 0 Å². The second kappa shape index (κ2) is 9.81. The first kappa shape index (κ1) is 24.1. The summed E-state index contributed by atoms with van der Waals surface area (Å²) in [5, 5.41) is 1.91. The Balaban J connectivity index is 1.89. The Morgan fingerprint density at radius 3 is 2.51 bits per heavy atom. The number of amides is 1.